The zero-order valence-electron chi connectivity index (χ0n) is 14.9. The summed E-state index contributed by atoms with van der Waals surface area (Å²) in [6.07, 6.45) is 2.96. The number of nitro groups is 2. The number of nitrogens with zero attached hydrogens (tertiary/aromatic N) is 2. The first kappa shape index (κ1) is 19.7. The third-order valence-corrected chi connectivity index (χ3v) is 4.29. The maximum atomic E-state index is 12.8. The van der Waals surface area contributed by atoms with Crippen LogP contribution in [0.15, 0.2) is 47.5 Å². The highest BCUT2D eigenvalue weighted by Gasteiger charge is 2.22. The van der Waals surface area contributed by atoms with Crippen LogP contribution >= 0.6 is 0 Å². The number of phenols is 2. The molecule has 10 nitrogen and oxygen atoms in total. The van der Waals surface area contributed by atoms with E-state index in [1.165, 1.54) is 36.4 Å². The van der Waals surface area contributed by atoms with Gasteiger partial charge in [0.1, 0.15) is 0 Å². The minimum Gasteiger partial charge on any atom is -0.502 e. The van der Waals surface area contributed by atoms with Crippen LogP contribution in [-0.4, -0.2) is 38.9 Å². The summed E-state index contributed by atoms with van der Waals surface area (Å²) in [6, 6.07) is 7.58. The van der Waals surface area contributed by atoms with Crippen LogP contribution in [0.3, 0.4) is 0 Å². The molecule has 0 saturated carbocycles. The Hall–Kier alpha value is -4.05. The molecule has 1 aliphatic rings. The van der Waals surface area contributed by atoms with Crippen molar-refractivity contribution in [1.29, 1.82) is 0 Å². The number of hydrogen-bond acceptors (Lipinski definition) is 8. The molecule has 0 atom stereocenters. The lowest BCUT2D eigenvalue weighted by Crippen LogP contribution is -2.32. The molecule has 3 N–H and O–H groups in total. The number of nitrogens with one attached hydrogen (secondary N) is 1. The highest BCUT2D eigenvalue weighted by molar-refractivity contribution is 6.14. The van der Waals surface area contributed by atoms with E-state index in [0.717, 1.165) is 12.1 Å². The summed E-state index contributed by atoms with van der Waals surface area (Å²) in [7, 11) is 0. The lowest BCUT2D eigenvalue weighted by molar-refractivity contribution is -0.386. The van der Waals surface area contributed by atoms with Gasteiger partial charge in [-0.1, -0.05) is 12.1 Å². The third-order valence-electron chi connectivity index (χ3n) is 4.29. The Morgan fingerprint density at radius 2 is 1.24 bits per heavy atom. The van der Waals surface area contributed by atoms with Crippen LogP contribution in [0.4, 0.5) is 11.4 Å². The van der Waals surface area contributed by atoms with Gasteiger partial charge in [-0.05, 0) is 35.4 Å². The van der Waals surface area contributed by atoms with Crippen molar-refractivity contribution in [1.82, 2.24) is 5.32 Å². The Kier molecular flexibility index (Phi) is 5.37. The second-order valence-electron chi connectivity index (χ2n) is 6.28. The van der Waals surface area contributed by atoms with Gasteiger partial charge in [-0.3, -0.25) is 25.0 Å². The van der Waals surface area contributed by atoms with E-state index in [0.29, 0.717) is 22.3 Å². The quantitative estimate of drug-likeness (QED) is 0.404. The predicted molar refractivity (Wildman–Crippen MR) is 103 cm³/mol. The van der Waals surface area contributed by atoms with E-state index in [1.807, 2.05) is 0 Å². The number of benzene rings is 2. The summed E-state index contributed by atoms with van der Waals surface area (Å²) in [4.78, 5) is 33.2. The Labute approximate surface area is 163 Å². The highest BCUT2D eigenvalue weighted by atomic mass is 16.6. The van der Waals surface area contributed by atoms with Crippen molar-refractivity contribution in [3.8, 4) is 11.5 Å². The molecule has 1 aliphatic heterocycles. The van der Waals surface area contributed by atoms with Crippen LogP contribution in [0.1, 0.15) is 11.1 Å². The van der Waals surface area contributed by atoms with Gasteiger partial charge >= 0.3 is 11.4 Å². The molecule has 0 bridgehead atoms. The molecule has 10 heteroatoms. The van der Waals surface area contributed by atoms with Crippen molar-refractivity contribution in [2.24, 2.45) is 0 Å². The molecule has 0 spiro atoms. The minimum absolute atomic E-state index is 0.237. The molecule has 0 unspecified atom stereocenters. The van der Waals surface area contributed by atoms with E-state index in [9.17, 15) is 35.2 Å². The van der Waals surface area contributed by atoms with Gasteiger partial charge in [0, 0.05) is 36.4 Å². The molecular formula is C19H15N3O7. The zero-order valence-corrected chi connectivity index (χ0v) is 14.9. The van der Waals surface area contributed by atoms with Crippen molar-refractivity contribution in [2.45, 2.75) is 0 Å². The molecular weight excluding hydrogens is 382 g/mol. The standard InChI is InChI=1S/C19H15N3O7/c23-17-3-1-11(7-15(17)21(26)27)5-13-9-20-10-14(19(13)25)6-12-2-4-18(24)16(8-12)22(28)29/h1-8,20,23-24H,9-10H2/b13-5+,14-6+. The van der Waals surface area contributed by atoms with Crippen LogP contribution in [0.2, 0.25) is 0 Å². The molecule has 148 valence electrons. The number of Topliss-reactive ketones (excluding diaryl/α,β-unsaturated/α-hetero) is 1. The molecule has 2 aromatic carbocycles. The summed E-state index contributed by atoms with van der Waals surface area (Å²) in [5.74, 6) is -1.25. The van der Waals surface area contributed by atoms with E-state index in [-0.39, 0.29) is 18.9 Å². The van der Waals surface area contributed by atoms with Crippen molar-refractivity contribution in [3.05, 3.63) is 78.9 Å². The molecule has 1 heterocycles. The van der Waals surface area contributed by atoms with E-state index in [2.05, 4.69) is 5.32 Å². The molecule has 0 amide bonds. The molecule has 0 radical (unpaired) electrons. The topological polar surface area (TPSA) is 156 Å². The fourth-order valence-corrected chi connectivity index (χ4v) is 2.89. The van der Waals surface area contributed by atoms with Gasteiger partial charge in [0.15, 0.2) is 17.3 Å². The summed E-state index contributed by atoms with van der Waals surface area (Å²) < 4.78 is 0. The minimum atomic E-state index is -0.721. The molecule has 2 aromatic rings. The van der Waals surface area contributed by atoms with Crippen LogP contribution in [0.25, 0.3) is 12.2 Å². The van der Waals surface area contributed by atoms with E-state index in [4.69, 9.17) is 0 Å². The number of hydrogen-bond donors (Lipinski definition) is 3. The smallest absolute Gasteiger partial charge is 0.311 e. The fourth-order valence-electron chi connectivity index (χ4n) is 2.89. The summed E-state index contributed by atoms with van der Waals surface area (Å²) >= 11 is 0. The normalized spacial score (nSPS) is 16.9. The number of carbonyl (C=O) groups excluding carboxylic acids is 1. The van der Waals surface area contributed by atoms with Gasteiger partial charge < -0.3 is 15.5 Å². The summed E-state index contributed by atoms with van der Waals surface area (Å²) in [5.41, 5.74) is 0.499. The average Bonchev–Trinajstić information content (AvgIpc) is 2.67. The number of carbonyl (C=O) groups is 1. The number of aromatic hydroxyl groups is 2. The van der Waals surface area contributed by atoms with Crippen molar-refractivity contribution in [3.63, 3.8) is 0 Å². The Balaban J connectivity index is 1.93. The van der Waals surface area contributed by atoms with Gasteiger partial charge in [-0.25, -0.2) is 0 Å². The van der Waals surface area contributed by atoms with Crippen LogP contribution in [0.5, 0.6) is 11.5 Å². The Morgan fingerprint density at radius 3 is 1.62 bits per heavy atom. The highest BCUT2D eigenvalue weighted by Crippen LogP contribution is 2.29. The Bertz CT molecular complexity index is 1010. The lowest BCUT2D eigenvalue weighted by Gasteiger charge is -2.18. The van der Waals surface area contributed by atoms with E-state index < -0.39 is 32.7 Å². The van der Waals surface area contributed by atoms with E-state index >= 15 is 0 Å². The lowest BCUT2D eigenvalue weighted by atomic mass is 9.95. The molecule has 3 rings (SSSR count). The van der Waals surface area contributed by atoms with Gasteiger partial charge in [0.05, 0.1) is 9.85 Å². The van der Waals surface area contributed by atoms with Crippen LogP contribution in [0, 0.1) is 20.2 Å². The van der Waals surface area contributed by atoms with Gasteiger partial charge in [-0.2, -0.15) is 0 Å². The first-order valence-electron chi connectivity index (χ1n) is 8.37. The largest absolute Gasteiger partial charge is 0.502 e. The number of phenolic OH excluding ortho intramolecular Hbond substituents is 2. The maximum absolute atomic E-state index is 12.8. The average molecular weight is 397 g/mol. The monoisotopic (exact) mass is 397 g/mol. The fraction of sp³-hybridized carbons (Fsp3) is 0.105. The number of nitro benzene ring substituents is 2. The summed E-state index contributed by atoms with van der Waals surface area (Å²) in [6.45, 7) is 0.473. The Morgan fingerprint density at radius 1 is 0.828 bits per heavy atom. The molecule has 0 aliphatic carbocycles. The first-order chi connectivity index (χ1) is 13.8. The van der Waals surface area contributed by atoms with Crippen molar-refractivity contribution >= 4 is 29.3 Å². The first-order valence-corrected chi connectivity index (χ1v) is 8.37. The van der Waals surface area contributed by atoms with Gasteiger partial charge in [-0.15, -0.1) is 0 Å². The number of ketones is 1. The van der Waals surface area contributed by atoms with Crippen molar-refractivity contribution < 1.29 is 24.9 Å². The second kappa shape index (κ2) is 7.90. The van der Waals surface area contributed by atoms with Crippen molar-refractivity contribution in [2.75, 3.05) is 13.1 Å². The SMILES string of the molecule is O=C1/C(=C/c2ccc(O)c([N+](=O)[O-])c2)CNC/C1=C\c1ccc(O)c([N+](=O)[O-])c1. The molecule has 0 aromatic heterocycles. The van der Waals surface area contributed by atoms with Gasteiger partial charge in [0.2, 0.25) is 0 Å². The van der Waals surface area contributed by atoms with Crippen LogP contribution < -0.4 is 5.32 Å². The predicted octanol–water partition coefficient (Wildman–Crippen LogP) is 2.55. The second-order valence-corrected chi connectivity index (χ2v) is 6.28. The molecule has 29 heavy (non-hydrogen) atoms. The number of rotatable bonds is 4. The zero-order chi connectivity index (χ0) is 21.1. The maximum Gasteiger partial charge on any atom is 0.311 e. The van der Waals surface area contributed by atoms with E-state index in [1.54, 1.807) is 0 Å². The molecule has 1 saturated heterocycles. The van der Waals surface area contributed by atoms with Crippen LogP contribution in [-0.2, 0) is 4.79 Å². The van der Waals surface area contributed by atoms with Gasteiger partial charge in [0.25, 0.3) is 0 Å². The number of piperidine rings is 1. The molecule has 1 fully saturated rings. The third kappa shape index (κ3) is 4.28. The summed E-state index contributed by atoms with van der Waals surface area (Å²) in [5, 5.41) is 44.0.